The lowest BCUT2D eigenvalue weighted by atomic mass is 9.88. The Labute approximate surface area is 78.7 Å². The molecular formula is C10H15NO2. The fourth-order valence-corrected chi connectivity index (χ4v) is 1.67. The first-order valence-corrected chi connectivity index (χ1v) is 4.73. The van der Waals surface area contributed by atoms with Gasteiger partial charge in [0.2, 0.25) is 0 Å². The summed E-state index contributed by atoms with van der Waals surface area (Å²) in [5.41, 5.74) is -0.829. The molecule has 0 N–H and O–H groups in total. The van der Waals surface area contributed by atoms with Crippen molar-refractivity contribution in [2.24, 2.45) is 5.41 Å². The van der Waals surface area contributed by atoms with Gasteiger partial charge in [-0.15, -0.1) is 0 Å². The number of rotatable bonds is 2. The molecule has 0 bridgehead atoms. The van der Waals surface area contributed by atoms with E-state index in [9.17, 15) is 4.79 Å². The third kappa shape index (κ3) is 2.00. The standard InChI is InChI=1S/C10H15NO2/c1-8(2)13-9(12)10(7-11)5-3-4-6-10/h8H,3-6H2,1-2H3. The van der Waals surface area contributed by atoms with Gasteiger partial charge in [0.25, 0.3) is 0 Å². The van der Waals surface area contributed by atoms with Crippen LogP contribution in [0.3, 0.4) is 0 Å². The molecular weight excluding hydrogens is 166 g/mol. The predicted molar refractivity (Wildman–Crippen MR) is 47.7 cm³/mol. The van der Waals surface area contributed by atoms with E-state index in [2.05, 4.69) is 6.07 Å². The maximum absolute atomic E-state index is 11.6. The van der Waals surface area contributed by atoms with Crippen LogP contribution in [-0.4, -0.2) is 12.1 Å². The first-order chi connectivity index (χ1) is 6.10. The van der Waals surface area contributed by atoms with Gasteiger partial charge < -0.3 is 4.74 Å². The molecule has 0 atom stereocenters. The molecule has 0 aromatic carbocycles. The zero-order chi connectivity index (χ0) is 9.90. The Morgan fingerprint density at radius 1 is 1.46 bits per heavy atom. The van der Waals surface area contributed by atoms with E-state index < -0.39 is 5.41 Å². The quantitative estimate of drug-likeness (QED) is 0.612. The normalized spacial score (nSPS) is 19.8. The Balaban J connectivity index is 2.67. The van der Waals surface area contributed by atoms with Gasteiger partial charge >= 0.3 is 5.97 Å². The Morgan fingerprint density at radius 3 is 2.38 bits per heavy atom. The van der Waals surface area contributed by atoms with Crippen molar-refractivity contribution in [2.75, 3.05) is 0 Å². The summed E-state index contributed by atoms with van der Waals surface area (Å²) in [6, 6.07) is 2.11. The summed E-state index contributed by atoms with van der Waals surface area (Å²) >= 11 is 0. The topological polar surface area (TPSA) is 50.1 Å². The zero-order valence-corrected chi connectivity index (χ0v) is 8.17. The minimum atomic E-state index is -0.829. The first kappa shape index (κ1) is 10.0. The maximum atomic E-state index is 11.6. The Hall–Kier alpha value is -1.04. The molecule has 72 valence electrons. The van der Waals surface area contributed by atoms with Crippen molar-refractivity contribution in [3.63, 3.8) is 0 Å². The number of esters is 1. The molecule has 0 spiro atoms. The van der Waals surface area contributed by atoms with Crippen LogP contribution in [-0.2, 0) is 9.53 Å². The van der Waals surface area contributed by atoms with E-state index in [0.717, 1.165) is 12.8 Å². The zero-order valence-electron chi connectivity index (χ0n) is 8.17. The van der Waals surface area contributed by atoms with Crippen LogP contribution < -0.4 is 0 Å². The second-order valence-electron chi connectivity index (χ2n) is 3.86. The molecule has 1 aliphatic rings. The SMILES string of the molecule is CC(C)OC(=O)C1(C#N)CCCC1. The largest absolute Gasteiger partial charge is 0.462 e. The molecule has 1 rings (SSSR count). The van der Waals surface area contributed by atoms with Crippen molar-refractivity contribution < 1.29 is 9.53 Å². The van der Waals surface area contributed by atoms with Crippen LogP contribution in [0.25, 0.3) is 0 Å². The van der Waals surface area contributed by atoms with Gasteiger partial charge in [-0.25, -0.2) is 0 Å². The number of ether oxygens (including phenoxy) is 1. The van der Waals surface area contributed by atoms with Gasteiger partial charge in [0.05, 0.1) is 12.2 Å². The van der Waals surface area contributed by atoms with E-state index in [-0.39, 0.29) is 12.1 Å². The highest BCUT2D eigenvalue weighted by Crippen LogP contribution is 2.38. The van der Waals surface area contributed by atoms with Crippen LogP contribution in [0.4, 0.5) is 0 Å². The minimum Gasteiger partial charge on any atom is -0.462 e. The number of carbonyl (C=O) groups excluding carboxylic acids is 1. The molecule has 0 amide bonds. The second kappa shape index (κ2) is 3.78. The third-order valence-electron chi connectivity index (χ3n) is 2.40. The molecule has 0 aromatic rings. The molecule has 1 fully saturated rings. The molecule has 13 heavy (non-hydrogen) atoms. The van der Waals surface area contributed by atoms with E-state index in [0.29, 0.717) is 12.8 Å². The van der Waals surface area contributed by atoms with Crippen LogP contribution in [0.15, 0.2) is 0 Å². The Bertz CT molecular complexity index is 234. The molecule has 0 unspecified atom stereocenters. The first-order valence-electron chi connectivity index (χ1n) is 4.73. The average molecular weight is 181 g/mol. The predicted octanol–water partition coefficient (Wildman–Crippen LogP) is 2.02. The molecule has 0 heterocycles. The number of carbonyl (C=O) groups is 1. The highest BCUT2D eigenvalue weighted by atomic mass is 16.5. The average Bonchev–Trinajstić information content (AvgIpc) is 2.51. The van der Waals surface area contributed by atoms with Gasteiger partial charge in [0.1, 0.15) is 0 Å². The minimum absolute atomic E-state index is 0.127. The smallest absolute Gasteiger partial charge is 0.326 e. The second-order valence-corrected chi connectivity index (χ2v) is 3.86. The summed E-state index contributed by atoms with van der Waals surface area (Å²) in [5.74, 6) is -0.331. The van der Waals surface area contributed by atoms with Crippen LogP contribution in [0.1, 0.15) is 39.5 Å². The molecule has 3 nitrogen and oxygen atoms in total. The van der Waals surface area contributed by atoms with Crippen molar-refractivity contribution in [1.29, 1.82) is 5.26 Å². The molecule has 0 radical (unpaired) electrons. The van der Waals surface area contributed by atoms with Crippen LogP contribution in [0.2, 0.25) is 0 Å². The van der Waals surface area contributed by atoms with Gasteiger partial charge in [-0.3, -0.25) is 4.79 Å². The van der Waals surface area contributed by atoms with E-state index in [1.54, 1.807) is 13.8 Å². The Morgan fingerprint density at radius 2 is 2.00 bits per heavy atom. The number of hydrogen-bond acceptors (Lipinski definition) is 3. The number of nitriles is 1. The van der Waals surface area contributed by atoms with Gasteiger partial charge in [-0.1, -0.05) is 12.8 Å². The molecule has 0 saturated heterocycles. The van der Waals surface area contributed by atoms with E-state index in [1.807, 2.05) is 0 Å². The highest BCUT2D eigenvalue weighted by molar-refractivity contribution is 5.80. The van der Waals surface area contributed by atoms with Gasteiger partial charge in [0, 0.05) is 0 Å². The van der Waals surface area contributed by atoms with Crippen molar-refractivity contribution in [3.05, 3.63) is 0 Å². The van der Waals surface area contributed by atoms with Gasteiger partial charge in [0.15, 0.2) is 5.41 Å². The lowest BCUT2D eigenvalue weighted by molar-refractivity contribution is -0.156. The molecule has 0 aliphatic heterocycles. The number of nitrogens with zero attached hydrogens (tertiary/aromatic N) is 1. The van der Waals surface area contributed by atoms with Crippen LogP contribution in [0, 0.1) is 16.7 Å². The monoisotopic (exact) mass is 181 g/mol. The fourth-order valence-electron chi connectivity index (χ4n) is 1.67. The molecule has 3 heteroatoms. The van der Waals surface area contributed by atoms with E-state index in [1.165, 1.54) is 0 Å². The third-order valence-corrected chi connectivity index (χ3v) is 2.40. The summed E-state index contributed by atoms with van der Waals surface area (Å²) in [6.07, 6.45) is 3.12. The van der Waals surface area contributed by atoms with Crippen molar-refractivity contribution in [1.82, 2.24) is 0 Å². The molecule has 1 aliphatic carbocycles. The van der Waals surface area contributed by atoms with E-state index in [4.69, 9.17) is 10.00 Å². The van der Waals surface area contributed by atoms with Crippen molar-refractivity contribution >= 4 is 5.97 Å². The lowest BCUT2D eigenvalue weighted by Gasteiger charge is -2.19. The van der Waals surface area contributed by atoms with E-state index >= 15 is 0 Å². The van der Waals surface area contributed by atoms with Crippen LogP contribution >= 0.6 is 0 Å². The summed E-state index contributed by atoms with van der Waals surface area (Å²) in [7, 11) is 0. The summed E-state index contributed by atoms with van der Waals surface area (Å²) in [4.78, 5) is 11.6. The maximum Gasteiger partial charge on any atom is 0.326 e. The van der Waals surface area contributed by atoms with Crippen LogP contribution in [0.5, 0.6) is 0 Å². The summed E-state index contributed by atoms with van der Waals surface area (Å²) in [6.45, 7) is 3.61. The lowest BCUT2D eigenvalue weighted by Crippen LogP contribution is -2.30. The summed E-state index contributed by atoms with van der Waals surface area (Å²) < 4.78 is 5.07. The molecule has 0 aromatic heterocycles. The van der Waals surface area contributed by atoms with Gasteiger partial charge in [-0.2, -0.15) is 5.26 Å². The van der Waals surface area contributed by atoms with Gasteiger partial charge in [-0.05, 0) is 26.7 Å². The highest BCUT2D eigenvalue weighted by Gasteiger charge is 2.43. The number of hydrogen-bond donors (Lipinski definition) is 0. The summed E-state index contributed by atoms with van der Waals surface area (Å²) in [5, 5.41) is 8.95. The van der Waals surface area contributed by atoms with Crippen molar-refractivity contribution in [3.8, 4) is 6.07 Å². The Kier molecular flexibility index (Phi) is 2.92. The van der Waals surface area contributed by atoms with Crippen molar-refractivity contribution in [2.45, 2.75) is 45.6 Å². The molecule has 1 saturated carbocycles. The fraction of sp³-hybridized carbons (Fsp3) is 0.800.